The van der Waals surface area contributed by atoms with Crippen molar-refractivity contribution in [2.24, 2.45) is 0 Å². The molecule has 10 heteroatoms. The minimum absolute atomic E-state index is 0.0208. The van der Waals surface area contributed by atoms with E-state index in [4.69, 9.17) is 13.8 Å². The quantitative estimate of drug-likeness (QED) is 0.0212. The van der Waals surface area contributed by atoms with Crippen LogP contribution >= 0.6 is 7.82 Å². The number of phosphoric ester groups is 1. The average molecular weight is 1200 g/mol. The van der Waals surface area contributed by atoms with E-state index in [1.165, 1.54) is 263 Å². The normalized spacial score (nSPS) is 13.8. The van der Waals surface area contributed by atoms with Gasteiger partial charge in [0.15, 0.2) is 0 Å². The van der Waals surface area contributed by atoms with Gasteiger partial charge < -0.3 is 28.5 Å². The van der Waals surface area contributed by atoms with E-state index in [1.807, 2.05) is 33.3 Å². The first-order valence-corrected chi connectivity index (χ1v) is 37.9. The van der Waals surface area contributed by atoms with Gasteiger partial charge in [0, 0.05) is 12.8 Å². The van der Waals surface area contributed by atoms with Crippen molar-refractivity contribution in [1.82, 2.24) is 5.32 Å². The van der Waals surface area contributed by atoms with Crippen molar-refractivity contribution in [3.63, 3.8) is 0 Å². The van der Waals surface area contributed by atoms with E-state index in [2.05, 4.69) is 62.5 Å². The summed E-state index contributed by atoms with van der Waals surface area (Å²) in [5.41, 5.74) is 0. The summed E-state index contributed by atoms with van der Waals surface area (Å²) in [4.78, 5) is 40.2. The number of hydrogen-bond donors (Lipinski definition) is 1. The number of hydrogen-bond acceptors (Lipinski definition) is 7. The maximum Gasteiger partial charge on any atom is 0.306 e. The molecule has 0 rings (SSSR count). The zero-order chi connectivity index (χ0) is 61.4. The number of nitrogens with one attached hydrogen (secondary N) is 1. The van der Waals surface area contributed by atoms with Crippen molar-refractivity contribution >= 4 is 19.7 Å². The molecule has 0 aromatic rings. The highest BCUT2D eigenvalue weighted by molar-refractivity contribution is 7.45. The Morgan fingerprint density at radius 3 is 1.11 bits per heavy atom. The van der Waals surface area contributed by atoms with E-state index in [1.54, 1.807) is 0 Å². The van der Waals surface area contributed by atoms with Gasteiger partial charge in [0.2, 0.25) is 5.91 Å². The lowest BCUT2D eigenvalue weighted by Crippen LogP contribution is -2.47. The summed E-state index contributed by atoms with van der Waals surface area (Å²) in [7, 11) is 1.20. The van der Waals surface area contributed by atoms with E-state index in [9.17, 15) is 19.0 Å². The Kier molecular flexibility index (Phi) is 62.4. The van der Waals surface area contributed by atoms with Gasteiger partial charge >= 0.3 is 5.97 Å². The van der Waals surface area contributed by atoms with Gasteiger partial charge in [0.25, 0.3) is 7.82 Å². The van der Waals surface area contributed by atoms with E-state index < -0.39 is 20.0 Å². The number of amides is 1. The van der Waals surface area contributed by atoms with Gasteiger partial charge in [0.05, 0.1) is 33.8 Å². The maximum atomic E-state index is 13.6. The van der Waals surface area contributed by atoms with E-state index in [-0.39, 0.29) is 31.5 Å². The topological polar surface area (TPSA) is 114 Å². The van der Waals surface area contributed by atoms with Crippen LogP contribution in [-0.2, 0) is 27.9 Å². The van der Waals surface area contributed by atoms with Crippen LogP contribution in [-0.4, -0.2) is 69.4 Å². The number of carbonyl (C=O) groups excluding carboxylic acids is 2. The molecule has 0 aliphatic heterocycles. The van der Waals surface area contributed by atoms with Crippen molar-refractivity contribution in [3.05, 3.63) is 48.6 Å². The molecule has 1 amide bonds. The minimum Gasteiger partial charge on any atom is -0.756 e. The standard InChI is InChI=1S/C74H141N2O7P/c1-7-10-13-16-19-22-25-28-30-32-34-35-36-37-38-39-40-41-43-45-47-49-52-55-58-61-64-67-74(78)83-72(65-62-59-56-53-50-27-24-21-18-15-12-9-3)71(70-82-84(79,80)81-69-68-76(4,5)6)75-73(77)66-63-60-57-54-51-48-46-44-42-33-31-29-26-23-20-17-14-11-8-2/h19,22,28-31,62,65,71-72H,7-18,20-21,23-27,32-61,63-64,66-70H2,1-6H3,(H-,75,77,79,80)/b22-19-,30-28-,31-29+,65-62-. The van der Waals surface area contributed by atoms with E-state index in [0.29, 0.717) is 17.4 Å². The second-order valence-electron chi connectivity index (χ2n) is 26.1. The average Bonchev–Trinajstić information content (AvgIpc) is 3.65. The molecule has 494 valence electrons. The van der Waals surface area contributed by atoms with Gasteiger partial charge in [0.1, 0.15) is 19.3 Å². The fraction of sp³-hybridized carbons (Fsp3) is 0.865. The molecule has 0 spiro atoms. The van der Waals surface area contributed by atoms with Crippen molar-refractivity contribution in [2.75, 3.05) is 40.9 Å². The molecule has 0 aliphatic rings. The van der Waals surface area contributed by atoms with Gasteiger partial charge in [-0.1, -0.05) is 307 Å². The number of phosphoric acid groups is 1. The number of unbranched alkanes of at least 4 members (excludes halogenated alkanes) is 45. The molecule has 0 bridgehead atoms. The summed E-state index contributed by atoms with van der Waals surface area (Å²) < 4.78 is 30.5. The molecule has 0 radical (unpaired) electrons. The number of quaternary nitrogens is 1. The number of rotatable bonds is 67. The van der Waals surface area contributed by atoms with Gasteiger partial charge in [-0.05, 0) is 89.5 Å². The Balaban J connectivity index is 4.98. The molecule has 3 atom stereocenters. The Hall–Kier alpha value is -2.03. The third-order valence-corrected chi connectivity index (χ3v) is 17.4. The molecular weight excluding hydrogens is 1060 g/mol. The van der Waals surface area contributed by atoms with E-state index >= 15 is 0 Å². The van der Waals surface area contributed by atoms with Crippen LogP contribution in [0.15, 0.2) is 48.6 Å². The molecule has 0 saturated carbocycles. The lowest BCUT2D eigenvalue weighted by Gasteiger charge is -2.30. The van der Waals surface area contributed by atoms with Crippen LogP contribution in [0.3, 0.4) is 0 Å². The van der Waals surface area contributed by atoms with Crippen LogP contribution < -0.4 is 10.2 Å². The van der Waals surface area contributed by atoms with Crippen LogP contribution in [0.5, 0.6) is 0 Å². The third kappa shape index (κ3) is 64.4. The highest BCUT2D eigenvalue weighted by Crippen LogP contribution is 2.38. The number of likely N-dealkylation sites (N-methyl/N-ethyl adjacent to an activating group) is 1. The molecule has 3 unspecified atom stereocenters. The number of ether oxygens (including phenoxy) is 1. The first kappa shape index (κ1) is 82.0. The smallest absolute Gasteiger partial charge is 0.306 e. The Morgan fingerprint density at radius 2 is 0.726 bits per heavy atom. The number of allylic oxidation sites excluding steroid dienone is 7. The predicted octanol–water partition coefficient (Wildman–Crippen LogP) is 22.6. The van der Waals surface area contributed by atoms with Crippen LogP contribution in [0.2, 0.25) is 0 Å². The van der Waals surface area contributed by atoms with Gasteiger partial charge in [-0.15, -0.1) is 0 Å². The van der Waals surface area contributed by atoms with Gasteiger partial charge in [-0.25, -0.2) is 0 Å². The molecule has 84 heavy (non-hydrogen) atoms. The molecule has 0 heterocycles. The minimum atomic E-state index is -4.70. The zero-order valence-corrected chi connectivity index (χ0v) is 57.5. The summed E-state index contributed by atoms with van der Waals surface area (Å²) in [6.45, 7) is 6.87. The largest absolute Gasteiger partial charge is 0.756 e. The molecule has 0 aliphatic carbocycles. The molecular formula is C74H141N2O7P. The predicted molar refractivity (Wildman–Crippen MR) is 363 cm³/mol. The fourth-order valence-electron chi connectivity index (χ4n) is 10.8. The highest BCUT2D eigenvalue weighted by atomic mass is 31.2. The highest BCUT2D eigenvalue weighted by Gasteiger charge is 2.27. The monoisotopic (exact) mass is 1200 g/mol. The summed E-state index contributed by atoms with van der Waals surface area (Å²) in [5, 5.41) is 3.05. The second-order valence-corrected chi connectivity index (χ2v) is 27.5. The molecule has 0 aromatic carbocycles. The Labute approximate surface area is 522 Å². The lowest BCUT2D eigenvalue weighted by atomic mass is 10.0. The Morgan fingerprint density at radius 1 is 0.417 bits per heavy atom. The van der Waals surface area contributed by atoms with Crippen molar-refractivity contribution in [1.29, 1.82) is 0 Å². The summed E-state index contributed by atoms with van der Waals surface area (Å²) >= 11 is 0. The first-order chi connectivity index (χ1) is 40.9. The molecule has 1 N–H and O–H groups in total. The van der Waals surface area contributed by atoms with Gasteiger partial charge in [-0.3, -0.25) is 14.2 Å². The van der Waals surface area contributed by atoms with Crippen molar-refractivity contribution in [2.45, 2.75) is 373 Å². The zero-order valence-electron chi connectivity index (χ0n) is 56.6. The van der Waals surface area contributed by atoms with Gasteiger partial charge in [-0.2, -0.15) is 0 Å². The second kappa shape index (κ2) is 64.0. The number of carbonyl (C=O) groups is 2. The van der Waals surface area contributed by atoms with Crippen molar-refractivity contribution in [3.8, 4) is 0 Å². The van der Waals surface area contributed by atoms with Crippen LogP contribution in [0.4, 0.5) is 0 Å². The van der Waals surface area contributed by atoms with Crippen LogP contribution in [0.25, 0.3) is 0 Å². The molecule has 0 fully saturated rings. The molecule has 9 nitrogen and oxygen atoms in total. The molecule has 0 aromatic heterocycles. The maximum absolute atomic E-state index is 13.6. The third-order valence-electron chi connectivity index (χ3n) is 16.5. The summed E-state index contributed by atoms with van der Waals surface area (Å²) in [5.74, 6) is -0.526. The van der Waals surface area contributed by atoms with Crippen LogP contribution in [0.1, 0.15) is 361 Å². The van der Waals surface area contributed by atoms with Crippen LogP contribution in [0, 0.1) is 0 Å². The lowest BCUT2D eigenvalue weighted by molar-refractivity contribution is -0.870. The Bertz CT molecular complexity index is 1570. The van der Waals surface area contributed by atoms with Crippen molar-refractivity contribution < 1.29 is 37.3 Å². The summed E-state index contributed by atoms with van der Waals surface area (Å²) in [6, 6.07) is -0.888. The summed E-state index contributed by atoms with van der Waals surface area (Å²) in [6.07, 6.45) is 81.0. The number of nitrogens with zero attached hydrogens (tertiary/aromatic N) is 1. The SMILES string of the molecule is CCCCC/C=C\C/C=C\CCCCCCCCCCCCCCCCCCCC(=O)OC(/C=C\CCCCCCCCCCCC)C(COP(=O)([O-])OCC[N+](C)(C)C)NC(=O)CCCCCCCCCCC/C=C/CCCCCCCC. The fourth-order valence-corrected chi connectivity index (χ4v) is 11.6. The number of esters is 1. The molecule has 0 saturated heterocycles. The first-order valence-electron chi connectivity index (χ1n) is 36.4. The van der Waals surface area contributed by atoms with E-state index in [0.717, 1.165) is 64.2 Å².